The molecule has 0 aliphatic carbocycles. The highest BCUT2D eigenvalue weighted by Crippen LogP contribution is 2.25. The monoisotopic (exact) mass is 426 g/mol. The number of benzene rings is 1. The van der Waals surface area contributed by atoms with Gasteiger partial charge in [-0.05, 0) is 29.8 Å². The van der Waals surface area contributed by atoms with E-state index in [-0.39, 0.29) is 5.82 Å². The lowest BCUT2D eigenvalue weighted by atomic mass is 10.2. The Kier molecular flexibility index (Phi) is 7.00. The van der Waals surface area contributed by atoms with Crippen LogP contribution in [0.2, 0.25) is 0 Å². The molecule has 0 atom stereocenters. The van der Waals surface area contributed by atoms with Crippen LogP contribution in [0, 0.1) is 5.82 Å². The van der Waals surface area contributed by atoms with Crippen molar-refractivity contribution in [2.24, 2.45) is 4.99 Å². The molecule has 1 aromatic carbocycles. The van der Waals surface area contributed by atoms with E-state index in [2.05, 4.69) is 15.6 Å². The van der Waals surface area contributed by atoms with E-state index < -0.39 is 10.0 Å². The molecule has 152 valence electrons. The van der Waals surface area contributed by atoms with E-state index in [4.69, 9.17) is 4.74 Å². The van der Waals surface area contributed by atoms with E-state index >= 15 is 0 Å². The molecule has 2 aromatic rings. The smallest absolute Gasteiger partial charge is 0.252 e. The predicted octanol–water partition coefficient (Wildman–Crippen LogP) is 1.77. The number of guanidine groups is 1. The molecule has 1 aliphatic heterocycles. The van der Waals surface area contributed by atoms with Gasteiger partial charge < -0.3 is 15.4 Å². The number of ether oxygens (including phenoxy) is 1. The van der Waals surface area contributed by atoms with Crippen LogP contribution in [0.4, 0.5) is 4.39 Å². The van der Waals surface area contributed by atoms with Crippen molar-refractivity contribution in [3.8, 4) is 0 Å². The number of hydrogen-bond donors (Lipinski definition) is 2. The molecule has 0 spiro atoms. The van der Waals surface area contributed by atoms with Gasteiger partial charge in [0.25, 0.3) is 10.0 Å². The summed E-state index contributed by atoms with van der Waals surface area (Å²) in [6.07, 6.45) is 0. The number of nitrogens with one attached hydrogen (secondary N) is 2. The van der Waals surface area contributed by atoms with Gasteiger partial charge in [0.2, 0.25) is 0 Å². The van der Waals surface area contributed by atoms with Gasteiger partial charge in [-0.15, -0.1) is 11.3 Å². The van der Waals surface area contributed by atoms with Crippen LogP contribution in [0.3, 0.4) is 0 Å². The van der Waals surface area contributed by atoms with E-state index in [1.165, 1.54) is 27.8 Å². The van der Waals surface area contributed by atoms with Crippen LogP contribution >= 0.6 is 11.3 Å². The van der Waals surface area contributed by atoms with Gasteiger partial charge in [0.15, 0.2) is 5.96 Å². The van der Waals surface area contributed by atoms with Gasteiger partial charge in [-0.1, -0.05) is 12.1 Å². The van der Waals surface area contributed by atoms with Crippen LogP contribution in [0.15, 0.2) is 45.6 Å². The lowest BCUT2D eigenvalue weighted by molar-refractivity contribution is 0.0731. The third-order valence-corrected chi connectivity index (χ3v) is 7.66. The quantitative estimate of drug-likeness (QED) is 0.543. The summed E-state index contributed by atoms with van der Waals surface area (Å²) in [5, 5.41) is 6.25. The van der Waals surface area contributed by atoms with Crippen LogP contribution in [0.25, 0.3) is 0 Å². The lowest BCUT2D eigenvalue weighted by Crippen LogP contribution is -2.40. The number of aliphatic imine (C=N–C) groups is 1. The average molecular weight is 427 g/mol. The predicted molar refractivity (Wildman–Crippen MR) is 107 cm³/mol. The van der Waals surface area contributed by atoms with Crippen molar-refractivity contribution in [1.82, 2.24) is 14.9 Å². The van der Waals surface area contributed by atoms with E-state index in [0.29, 0.717) is 49.6 Å². The summed E-state index contributed by atoms with van der Waals surface area (Å²) in [5.74, 6) is 0.269. The van der Waals surface area contributed by atoms with Crippen molar-refractivity contribution in [1.29, 1.82) is 0 Å². The zero-order chi connectivity index (χ0) is 20.0. The Balaban J connectivity index is 1.55. The van der Waals surface area contributed by atoms with Crippen molar-refractivity contribution in [2.45, 2.75) is 17.3 Å². The largest absolute Gasteiger partial charge is 0.379 e. The molecular formula is C18H23FN4O3S2. The van der Waals surface area contributed by atoms with Gasteiger partial charge >= 0.3 is 0 Å². The first-order valence-corrected chi connectivity index (χ1v) is 11.1. The molecule has 10 heteroatoms. The molecule has 1 aromatic heterocycles. The number of morpholine rings is 1. The minimum absolute atomic E-state index is 0.283. The Morgan fingerprint density at radius 2 is 1.96 bits per heavy atom. The Hall–Kier alpha value is -2.01. The maximum Gasteiger partial charge on any atom is 0.252 e. The summed E-state index contributed by atoms with van der Waals surface area (Å²) in [4.78, 5) is 5.01. The third kappa shape index (κ3) is 5.28. The first-order chi connectivity index (χ1) is 13.5. The van der Waals surface area contributed by atoms with Crippen LogP contribution in [0.5, 0.6) is 0 Å². The summed E-state index contributed by atoms with van der Waals surface area (Å²) in [5.41, 5.74) is 0.804. The number of sulfonamides is 1. The number of halogens is 1. The number of thiophene rings is 1. The SMILES string of the molecule is CN=C(NCc1cccc(F)c1)NCc1ccc(S(=O)(=O)N2CCOCC2)s1. The molecule has 0 bridgehead atoms. The van der Waals surface area contributed by atoms with Crippen LogP contribution in [-0.2, 0) is 27.8 Å². The second kappa shape index (κ2) is 9.46. The Bertz CT molecular complexity index is 924. The van der Waals surface area contributed by atoms with E-state index in [1.807, 2.05) is 6.07 Å². The zero-order valence-corrected chi connectivity index (χ0v) is 17.2. The molecule has 28 heavy (non-hydrogen) atoms. The molecule has 0 radical (unpaired) electrons. The molecule has 3 rings (SSSR count). The molecule has 2 N–H and O–H groups in total. The van der Waals surface area contributed by atoms with Gasteiger partial charge in [-0.3, -0.25) is 4.99 Å². The molecular weight excluding hydrogens is 403 g/mol. The fourth-order valence-corrected chi connectivity index (χ4v) is 5.59. The van der Waals surface area contributed by atoms with Crippen molar-refractivity contribution < 1.29 is 17.5 Å². The first kappa shape index (κ1) is 20.7. The van der Waals surface area contributed by atoms with Crippen molar-refractivity contribution in [3.63, 3.8) is 0 Å². The molecule has 0 amide bonds. The first-order valence-electron chi connectivity index (χ1n) is 8.84. The van der Waals surface area contributed by atoms with E-state index in [9.17, 15) is 12.8 Å². The second-order valence-electron chi connectivity index (χ2n) is 6.15. The van der Waals surface area contributed by atoms with Gasteiger partial charge in [-0.2, -0.15) is 4.31 Å². The third-order valence-electron chi connectivity index (χ3n) is 4.20. The van der Waals surface area contributed by atoms with Gasteiger partial charge in [0, 0.05) is 31.6 Å². The Morgan fingerprint density at radius 1 is 1.21 bits per heavy atom. The maximum atomic E-state index is 13.2. The topological polar surface area (TPSA) is 83.0 Å². The van der Waals surface area contributed by atoms with Crippen molar-refractivity contribution >= 4 is 27.3 Å². The summed E-state index contributed by atoms with van der Waals surface area (Å²) < 4.78 is 45.6. The number of rotatable bonds is 6. The maximum absolute atomic E-state index is 13.2. The highest BCUT2D eigenvalue weighted by molar-refractivity contribution is 7.91. The molecule has 1 aliphatic rings. The van der Waals surface area contributed by atoms with Crippen molar-refractivity contribution in [2.75, 3.05) is 33.4 Å². The molecule has 0 unspecified atom stereocenters. The fourth-order valence-electron chi connectivity index (χ4n) is 2.73. The highest BCUT2D eigenvalue weighted by Gasteiger charge is 2.27. The lowest BCUT2D eigenvalue weighted by Gasteiger charge is -2.25. The fraction of sp³-hybridized carbons (Fsp3) is 0.389. The minimum atomic E-state index is -3.47. The summed E-state index contributed by atoms with van der Waals surface area (Å²) in [6.45, 7) is 2.47. The van der Waals surface area contributed by atoms with Gasteiger partial charge in [-0.25, -0.2) is 12.8 Å². The Morgan fingerprint density at radius 3 is 2.68 bits per heavy atom. The highest BCUT2D eigenvalue weighted by atomic mass is 32.2. The van der Waals surface area contributed by atoms with Crippen LogP contribution in [-0.4, -0.2) is 52.0 Å². The van der Waals surface area contributed by atoms with E-state index in [0.717, 1.165) is 10.4 Å². The molecule has 0 saturated carbocycles. The summed E-state index contributed by atoms with van der Waals surface area (Å²) in [6, 6.07) is 9.77. The van der Waals surface area contributed by atoms with Crippen molar-refractivity contribution in [3.05, 3.63) is 52.7 Å². The molecule has 1 saturated heterocycles. The molecule has 2 heterocycles. The normalized spacial score (nSPS) is 16.1. The number of hydrogen-bond acceptors (Lipinski definition) is 5. The van der Waals surface area contributed by atoms with Gasteiger partial charge in [0.1, 0.15) is 10.0 Å². The van der Waals surface area contributed by atoms with Gasteiger partial charge in [0.05, 0.1) is 19.8 Å². The zero-order valence-electron chi connectivity index (χ0n) is 15.5. The molecule has 7 nitrogen and oxygen atoms in total. The summed E-state index contributed by atoms with van der Waals surface area (Å²) in [7, 11) is -1.83. The standard InChI is InChI=1S/C18H23FN4O3S2/c1-20-18(21-12-14-3-2-4-15(19)11-14)22-13-16-5-6-17(27-16)28(24,25)23-7-9-26-10-8-23/h2-6,11H,7-10,12-13H2,1H3,(H2,20,21,22). The summed E-state index contributed by atoms with van der Waals surface area (Å²) >= 11 is 1.24. The molecule has 1 fully saturated rings. The Labute approximate surface area is 168 Å². The second-order valence-corrected chi connectivity index (χ2v) is 9.48. The average Bonchev–Trinajstić information content (AvgIpc) is 3.19. The number of nitrogens with zero attached hydrogens (tertiary/aromatic N) is 2. The van der Waals surface area contributed by atoms with Crippen LogP contribution in [0.1, 0.15) is 10.4 Å². The minimum Gasteiger partial charge on any atom is -0.379 e. The van der Waals surface area contributed by atoms with E-state index in [1.54, 1.807) is 25.2 Å². The van der Waals surface area contributed by atoms with Crippen LogP contribution < -0.4 is 10.6 Å².